The molecule has 2 aliphatic rings. The van der Waals surface area contributed by atoms with Gasteiger partial charge in [0.1, 0.15) is 0 Å². The Morgan fingerprint density at radius 3 is 2.92 bits per heavy atom. The molecule has 0 aromatic heterocycles. The highest BCUT2D eigenvalue weighted by Gasteiger charge is 2.32. The monoisotopic (exact) mass is 162 g/mol. The molecule has 0 radical (unpaired) electrons. The smallest absolute Gasteiger partial charge is 0.00729 e. The van der Waals surface area contributed by atoms with Gasteiger partial charge in [0, 0.05) is 0 Å². The van der Waals surface area contributed by atoms with E-state index in [0.717, 1.165) is 0 Å². The molecular formula is C12H18. The average Bonchev–Trinajstić information content (AvgIpc) is 2.04. The van der Waals surface area contributed by atoms with Crippen LogP contribution >= 0.6 is 0 Å². The van der Waals surface area contributed by atoms with E-state index in [1.165, 1.54) is 32.1 Å². The lowest BCUT2D eigenvalue weighted by Crippen LogP contribution is -2.24. The molecule has 1 unspecified atom stereocenters. The molecule has 0 heterocycles. The van der Waals surface area contributed by atoms with Crippen molar-refractivity contribution in [2.24, 2.45) is 5.41 Å². The van der Waals surface area contributed by atoms with Crippen molar-refractivity contribution in [1.29, 1.82) is 0 Å². The molecule has 0 saturated heterocycles. The van der Waals surface area contributed by atoms with Gasteiger partial charge in [-0.1, -0.05) is 24.6 Å². The van der Waals surface area contributed by atoms with Crippen LogP contribution in [0.3, 0.4) is 0 Å². The molecule has 0 spiro atoms. The quantitative estimate of drug-likeness (QED) is 0.507. The van der Waals surface area contributed by atoms with Crippen molar-refractivity contribution >= 4 is 0 Å². The normalized spacial score (nSPS) is 35.2. The number of allylic oxidation sites excluding steroid dienone is 4. The summed E-state index contributed by atoms with van der Waals surface area (Å²) in [7, 11) is 0. The molecule has 0 aromatic rings. The first-order chi connectivity index (χ1) is 5.72. The highest BCUT2D eigenvalue weighted by Crippen LogP contribution is 2.46. The van der Waals surface area contributed by atoms with Gasteiger partial charge in [0.25, 0.3) is 0 Å². The van der Waals surface area contributed by atoms with Crippen LogP contribution in [0.5, 0.6) is 0 Å². The fourth-order valence-electron chi connectivity index (χ4n) is 2.73. The van der Waals surface area contributed by atoms with E-state index in [-0.39, 0.29) is 0 Å². The summed E-state index contributed by atoms with van der Waals surface area (Å²) in [5, 5.41) is 0. The second-order valence-electron chi connectivity index (χ2n) is 4.55. The third-order valence-corrected chi connectivity index (χ3v) is 3.54. The van der Waals surface area contributed by atoms with Crippen LogP contribution in [-0.4, -0.2) is 0 Å². The summed E-state index contributed by atoms with van der Waals surface area (Å²) in [4.78, 5) is 0. The number of fused-ring (bicyclic) bond motifs is 1. The topological polar surface area (TPSA) is 0 Å². The maximum atomic E-state index is 2.44. The standard InChI is InChI=1S/C12H18/c1-10-6-5-9-12(2)8-4-3-7-11(10)12/h3,7H,4-6,8-9H2,1-2H3. The third kappa shape index (κ3) is 1.14. The molecule has 0 amide bonds. The molecule has 2 aliphatic carbocycles. The van der Waals surface area contributed by atoms with Crippen LogP contribution in [-0.2, 0) is 0 Å². The van der Waals surface area contributed by atoms with Crippen molar-refractivity contribution in [1.82, 2.24) is 0 Å². The van der Waals surface area contributed by atoms with Gasteiger partial charge in [-0.25, -0.2) is 0 Å². The third-order valence-electron chi connectivity index (χ3n) is 3.54. The van der Waals surface area contributed by atoms with Crippen LogP contribution in [0.4, 0.5) is 0 Å². The summed E-state index contributed by atoms with van der Waals surface area (Å²) in [6.07, 6.45) is 11.5. The molecule has 66 valence electrons. The van der Waals surface area contributed by atoms with Crippen molar-refractivity contribution in [2.45, 2.75) is 46.0 Å². The van der Waals surface area contributed by atoms with E-state index in [9.17, 15) is 0 Å². The summed E-state index contributed by atoms with van der Waals surface area (Å²) in [5.41, 5.74) is 3.83. The maximum absolute atomic E-state index is 2.44. The predicted molar refractivity (Wildman–Crippen MR) is 53.0 cm³/mol. The van der Waals surface area contributed by atoms with Crippen molar-refractivity contribution < 1.29 is 0 Å². The summed E-state index contributed by atoms with van der Waals surface area (Å²) in [6, 6.07) is 0. The van der Waals surface area contributed by atoms with E-state index in [0.29, 0.717) is 5.41 Å². The van der Waals surface area contributed by atoms with Crippen LogP contribution in [0.1, 0.15) is 46.0 Å². The molecule has 0 aromatic carbocycles. The van der Waals surface area contributed by atoms with Gasteiger partial charge < -0.3 is 0 Å². The second-order valence-corrected chi connectivity index (χ2v) is 4.55. The molecule has 0 nitrogen and oxygen atoms in total. The molecule has 12 heavy (non-hydrogen) atoms. The fourth-order valence-corrected chi connectivity index (χ4v) is 2.73. The van der Waals surface area contributed by atoms with Crippen molar-refractivity contribution in [3.05, 3.63) is 23.3 Å². The first-order valence-corrected chi connectivity index (χ1v) is 5.09. The van der Waals surface area contributed by atoms with Gasteiger partial charge in [-0.3, -0.25) is 0 Å². The van der Waals surface area contributed by atoms with Crippen LogP contribution in [0.25, 0.3) is 0 Å². The largest absolute Gasteiger partial charge is 0.0842 e. The molecular weight excluding hydrogens is 144 g/mol. The Morgan fingerprint density at radius 1 is 1.33 bits per heavy atom. The number of rotatable bonds is 0. The zero-order valence-electron chi connectivity index (χ0n) is 8.19. The Balaban J connectivity index is 2.43. The SMILES string of the molecule is CC1=C2C=CCCC2(C)CCC1. The summed E-state index contributed by atoms with van der Waals surface area (Å²) in [6.45, 7) is 4.75. The molecule has 0 N–H and O–H groups in total. The van der Waals surface area contributed by atoms with Gasteiger partial charge in [-0.15, -0.1) is 0 Å². The van der Waals surface area contributed by atoms with Gasteiger partial charge in [-0.2, -0.15) is 0 Å². The minimum atomic E-state index is 0.539. The van der Waals surface area contributed by atoms with Gasteiger partial charge >= 0.3 is 0 Å². The van der Waals surface area contributed by atoms with Gasteiger partial charge in [0.15, 0.2) is 0 Å². The molecule has 2 rings (SSSR count). The zero-order valence-corrected chi connectivity index (χ0v) is 8.19. The van der Waals surface area contributed by atoms with E-state index in [1.54, 1.807) is 11.1 Å². The lowest BCUT2D eigenvalue weighted by molar-refractivity contribution is 0.309. The van der Waals surface area contributed by atoms with E-state index < -0.39 is 0 Å². The van der Waals surface area contributed by atoms with E-state index in [4.69, 9.17) is 0 Å². The molecule has 0 fully saturated rings. The molecule has 0 bridgehead atoms. The fraction of sp³-hybridized carbons (Fsp3) is 0.667. The Labute approximate surface area is 75.4 Å². The Hall–Kier alpha value is -0.520. The molecule has 0 heteroatoms. The Morgan fingerprint density at radius 2 is 2.17 bits per heavy atom. The highest BCUT2D eigenvalue weighted by molar-refractivity contribution is 5.35. The summed E-state index contributed by atoms with van der Waals surface area (Å²) >= 11 is 0. The summed E-state index contributed by atoms with van der Waals surface area (Å²) < 4.78 is 0. The first kappa shape index (κ1) is 8.10. The van der Waals surface area contributed by atoms with Crippen LogP contribution in [0.15, 0.2) is 23.3 Å². The lowest BCUT2D eigenvalue weighted by Gasteiger charge is -2.38. The van der Waals surface area contributed by atoms with Crippen LogP contribution in [0, 0.1) is 5.41 Å². The van der Waals surface area contributed by atoms with Gasteiger partial charge in [-0.05, 0) is 50.0 Å². The Kier molecular flexibility index (Phi) is 1.86. The Bertz CT molecular complexity index is 245. The lowest BCUT2D eigenvalue weighted by atomic mass is 9.67. The molecule has 0 saturated carbocycles. The molecule has 1 atom stereocenters. The number of hydrogen-bond acceptors (Lipinski definition) is 0. The van der Waals surface area contributed by atoms with Gasteiger partial charge in [0.2, 0.25) is 0 Å². The van der Waals surface area contributed by atoms with Crippen molar-refractivity contribution in [2.75, 3.05) is 0 Å². The van der Waals surface area contributed by atoms with Crippen molar-refractivity contribution in [3.63, 3.8) is 0 Å². The second kappa shape index (κ2) is 2.76. The van der Waals surface area contributed by atoms with E-state index in [2.05, 4.69) is 26.0 Å². The van der Waals surface area contributed by atoms with E-state index >= 15 is 0 Å². The predicted octanol–water partition coefficient (Wildman–Crippen LogP) is 3.84. The zero-order chi connectivity index (χ0) is 8.60. The minimum absolute atomic E-state index is 0.539. The highest BCUT2D eigenvalue weighted by atomic mass is 14.4. The average molecular weight is 162 g/mol. The summed E-state index contributed by atoms with van der Waals surface area (Å²) in [5.74, 6) is 0. The van der Waals surface area contributed by atoms with Gasteiger partial charge in [0.05, 0.1) is 0 Å². The first-order valence-electron chi connectivity index (χ1n) is 5.09. The minimum Gasteiger partial charge on any atom is -0.0842 e. The van der Waals surface area contributed by atoms with Crippen LogP contribution < -0.4 is 0 Å². The molecule has 0 aliphatic heterocycles. The van der Waals surface area contributed by atoms with E-state index in [1.807, 2.05) is 0 Å². The van der Waals surface area contributed by atoms with Crippen molar-refractivity contribution in [3.8, 4) is 0 Å². The number of hydrogen-bond donors (Lipinski definition) is 0. The van der Waals surface area contributed by atoms with Crippen LogP contribution in [0.2, 0.25) is 0 Å². The maximum Gasteiger partial charge on any atom is -0.00729 e.